The molecular formula is C21H20BrN3O4. The predicted octanol–water partition coefficient (Wildman–Crippen LogP) is 3.55. The molecule has 0 bridgehead atoms. The smallest absolute Gasteiger partial charge is 0.266 e. The fraction of sp³-hybridized carbons (Fsp3) is 0.238. The van der Waals surface area contributed by atoms with Crippen LogP contribution in [0.5, 0.6) is 11.5 Å². The second-order valence-corrected chi connectivity index (χ2v) is 7.18. The van der Waals surface area contributed by atoms with E-state index in [0.717, 1.165) is 18.8 Å². The molecule has 1 amide bonds. The monoisotopic (exact) mass is 457 g/mol. The van der Waals surface area contributed by atoms with Crippen molar-refractivity contribution in [1.29, 1.82) is 5.26 Å². The van der Waals surface area contributed by atoms with Gasteiger partial charge in [-0.25, -0.2) is 0 Å². The number of carbonyl (C=O) groups excluding carboxylic acids is 1. The third-order valence-corrected chi connectivity index (χ3v) is 5.05. The van der Waals surface area contributed by atoms with Crippen LogP contribution in [0.15, 0.2) is 46.4 Å². The van der Waals surface area contributed by atoms with Gasteiger partial charge in [0, 0.05) is 24.5 Å². The average molecular weight is 458 g/mol. The van der Waals surface area contributed by atoms with E-state index in [0.29, 0.717) is 28.9 Å². The third-order valence-electron chi connectivity index (χ3n) is 4.45. The highest BCUT2D eigenvalue weighted by Gasteiger charge is 2.14. The van der Waals surface area contributed by atoms with Crippen molar-refractivity contribution in [3.63, 3.8) is 0 Å². The van der Waals surface area contributed by atoms with E-state index >= 15 is 0 Å². The SMILES string of the molecule is COc1cc(/C=C(\C#N)C(=O)Nc2ccc(N3CCOCC3)cc2)cc(Br)c1O. The van der Waals surface area contributed by atoms with Crippen LogP contribution < -0.4 is 15.0 Å². The van der Waals surface area contributed by atoms with Crippen LogP contribution in [-0.2, 0) is 9.53 Å². The molecule has 1 saturated heterocycles. The number of phenolic OH excluding ortho intramolecular Hbond substituents is 1. The number of phenols is 1. The summed E-state index contributed by atoms with van der Waals surface area (Å²) >= 11 is 3.23. The van der Waals surface area contributed by atoms with Crippen LogP contribution in [0.25, 0.3) is 6.08 Å². The fourth-order valence-electron chi connectivity index (χ4n) is 2.92. The second-order valence-electron chi connectivity index (χ2n) is 6.32. The van der Waals surface area contributed by atoms with Gasteiger partial charge in [0.15, 0.2) is 11.5 Å². The maximum Gasteiger partial charge on any atom is 0.266 e. The first-order valence-electron chi connectivity index (χ1n) is 8.94. The molecule has 2 aromatic rings. The van der Waals surface area contributed by atoms with Crippen LogP contribution in [0, 0.1) is 11.3 Å². The van der Waals surface area contributed by atoms with Crippen molar-refractivity contribution in [3.8, 4) is 17.6 Å². The number of nitrogens with one attached hydrogen (secondary N) is 1. The molecule has 2 aromatic carbocycles. The molecule has 0 radical (unpaired) electrons. The van der Waals surface area contributed by atoms with Gasteiger partial charge in [0.2, 0.25) is 0 Å². The van der Waals surface area contributed by atoms with Crippen molar-refractivity contribution in [3.05, 3.63) is 52.0 Å². The van der Waals surface area contributed by atoms with E-state index in [1.807, 2.05) is 18.2 Å². The minimum absolute atomic E-state index is 0.0482. The van der Waals surface area contributed by atoms with E-state index in [1.165, 1.54) is 13.2 Å². The molecule has 1 aliphatic rings. The van der Waals surface area contributed by atoms with Crippen LogP contribution in [0.3, 0.4) is 0 Å². The summed E-state index contributed by atoms with van der Waals surface area (Å²) in [6.45, 7) is 3.07. The Bertz CT molecular complexity index is 961. The average Bonchev–Trinajstić information content (AvgIpc) is 2.75. The zero-order valence-corrected chi connectivity index (χ0v) is 17.4. The molecule has 1 aliphatic heterocycles. The summed E-state index contributed by atoms with van der Waals surface area (Å²) in [4.78, 5) is 14.7. The summed E-state index contributed by atoms with van der Waals surface area (Å²) in [6.07, 6.45) is 1.43. The molecule has 0 saturated carbocycles. The van der Waals surface area contributed by atoms with Gasteiger partial charge >= 0.3 is 0 Å². The van der Waals surface area contributed by atoms with Gasteiger partial charge in [0.05, 0.1) is 24.8 Å². The Hall–Kier alpha value is -3.02. The first kappa shape index (κ1) is 20.7. The Morgan fingerprint density at radius 2 is 2.00 bits per heavy atom. The topological polar surface area (TPSA) is 94.8 Å². The van der Waals surface area contributed by atoms with Gasteiger partial charge in [-0.2, -0.15) is 5.26 Å². The molecule has 0 spiro atoms. The molecule has 0 aliphatic carbocycles. The highest BCUT2D eigenvalue weighted by molar-refractivity contribution is 9.10. The van der Waals surface area contributed by atoms with Gasteiger partial charge in [0.1, 0.15) is 11.6 Å². The maximum absolute atomic E-state index is 12.5. The lowest BCUT2D eigenvalue weighted by Gasteiger charge is -2.28. The lowest BCUT2D eigenvalue weighted by atomic mass is 10.1. The maximum atomic E-state index is 12.5. The molecule has 0 atom stereocenters. The van der Waals surface area contributed by atoms with Gasteiger partial charge in [-0.3, -0.25) is 4.79 Å². The Kier molecular flexibility index (Phi) is 6.75. The minimum atomic E-state index is -0.519. The number of rotatable bonds is 5. The highest BCUT2D eigenvalue weighted by Crippen LogP contribution is 2.35. The predicted molar refractivity (Wildman–Crippen MR) is 114 cm³/mol. The number of halogens is 1. The second kappa shape index (κ2) is 9.45. The van der Waals surface area contributed by atoms with Crippen molar-refractivity contribution >= 4 is 39.3 Å². The molecule has 2 N–H and O–H groups in total. The summed E-state index contributed by atoms with van der Waals surface area (Å²) in [5.41, 5.74) is 2.13. The number of nitrogens with zero attached hydrogens (tertiary/aromatic N) is 2. The first-order valence-corrected chi connectivity index (χ1v) is 9.73. The van der Waals surface area contributed by atoms with Crippen molar-refractivity contribution < 1.29 is 19.4 Å². The third kappa shape index (κ3) is 5.08. The zero-order chi connectivity index (χ0) is 20.8. The summed E-state index contributed by atoms with van der Waals surface area (Å²) in [5, 5.41) is 22.0. The number of benzene rings is 2. The molecule has 150 valence electrons. The number of nitriles is 1. The van der Waals surface area contributed by atoms with Crippen molar-refractivity contribution in [2.24, 2.45) is 0 Å². The molecule has 0 unspecified atom stereocenters. The van der Waals surface area contributed by atoms with E-state index in [1.54, 1.807) is 24.3 Å². The van der Waals surface area contributed by atoms with Crippen molar-refractivity contribution in [2.45, 2.75) is 0 Å². The summed E-state index contributed by atoms with van der Waals surface area (Å²) < 4.78 is 10.9. The van der Waals surface area contributed by atoms with Crippen molar-refractivity contribution in [2.75, 3.05) is 43.6 Å². The van der Waals surface area contributed by atoms with E-state index in [2.05, 4.69) is 26.1 Å². The highest BCUT2D eigenvalue weighted by atomic mass is 79.9. The molecule has 0 aromatic heterocycles. The van der Waals surface area contributed by atoms with Gasteiger partial charge in [-0.15, -0.1) is 0 Å². The Morgan fingerprint density at radius 3 is 2.62 bits per heavy atom. The number of ether oxygens (including phenoxy) is 2. The molecule has 3 rings (SSSR count). The quantitative estimate of drug-likeness (QED) is 0.526. The Morgan fingerprint density at radius 1 is 1.31 bits per heavy atom. The normalized spacial score (nSPS) is 14.2. The number of hydrogen-bond donors (Lipinski definition) is 2. The summed E-state index contributed by atoms with van der Waals surface area (Å²) in [7, 11) is 1.42. The summed E-state index contributed by atoms with van der Waals surface area (Å²) in [6, 6.07) is 12.5. The van der Waals surface area contributed by atoms with Crippen LogP contribution in [0.2, 0.25) is 0 Å². The number of morpholine rings is 1. The summed E-state index contributed by atoms with van der Waals surface area (Å²) in [5.74, 6) is -0.329. The lowest BCUT2D eigenvalue weighted by Crippen LogP contribution is -2.36. The molecule has 1 heterocycles. The van der Waals surface area contributed by atoms with E-state index in [-0.39, 0.29) is 17.1 Å². The molecule has 1 fully saturated rings. The zero-order valence-electron chi connectivity index (χ0n) is 15.8. The molecule has 29 heavy (non-hydrogen) atoms. The van der Waals surface area contributed by atoms with Gasteiger partial charge in [-0.05, 0) is 64.0 Å². The van der Waals surface area contributed by atoms with Gasteiger partial charge < -0.3 is 24.8 Å². The van der Waals surface area contributed by atoms with Gasteiger partial charge in [-0.1, -0.05) is 0 Å². The number of amides is 1. The van der Waals surface area contributed by atoms with Crippen LogP contribution in [0.4, 0.5) is 11.4 Å². The molecule has 7 nitrogen and oxygen atoms in total. The Labute approximate surface area is 177 Å². The number of carbonyl (C=O) groups is 1. The van der Waals surface area contributed by atoms with Crippen LogP contribution >= 0.6 is 15.9 Å². The van der Waals surface area contributed by atoms with Crippen LogP contribution in [0.1, 0.15) is 5.56 Å². The van der Waals surface area contributed by atoms with Gasteiger partial charge in [0.25, 0.3) is 5.91 Å². The lowest BCUT2D eigenvalue weighted by molar-refractivity contribution is -0.112. The van der Waals surface area contributed by atoms with Crippen molar-refractivity contribution in [1.82, 2.24) is 0 Å². The fourth-order valence-corrected chi connectivity index (χ4v) is 3.38. The largest absolute Gasteiger partial charge is 0.503 e. The minimum Gasteiger partial charge on any atom is -0.503 e. The van der Waals surface area contributed by atoms with Crippen LogP contribution in [-0.4, -0.2) is 44.4 Å². The Balaban J connectivity index is 1.74. The van der Waals surface area contributed by atoms with E-state index < -0.39 is 5.91 Å². The molecule has 8 heteroatoms. The van der Waals surface area contributed by atoms with E-state index in [9.17, 15) is 15.2 Å². The van der Waals surface area contributed by atoms with E-state index in [4.69, 9.17) is 9.47 Å². The number of methoxy groups -OCH3 is 1. The standard InChI is InChI=1S/C21H20BrN3O4/c1-28-19-12-14(11-18(22)20(19)26)10-15(13-23)21(27)24-16-2-4-17(5-3-16)25-6-8-29-9-7-25/h2-5,10-12,26H,6-9H2,1H3,(H,24,27)/b15-10+. The first-order chi connectivity index (χ1) is 14.0. The molecular weight excluding hydrogens is 438 g/mol. The number of hydrogen-bond acceptors (Lipinski definition) is 6. The number of anilines is 2. The number of aromatic hydroxyl groups is 1.